The first-order valence-corrected chi connectivity index (χ1v) is 7.92. The maximum atomic E-state index is 6.09. The maximum Gasteiger partial charge on any atom is 0.170 e. The van der Waals surface area contributed by atoms with Gasteiger partial charge in [0.1, 0.15) is 0 Å². The van der Waals surface area contributed by atoms with Gasteiger partial charge in [-0.1, -0.05) is 29.3 Å². The zero-order valence-electron chi connectivity index (χ0n) is 11.8. The van der Waals surface area contributed by atoms with E-state index in [0.29, 0.717) is 5.11 Å². The number of aryl methyl sites for hydroxylation is 1. The van der Waals surface area contributed by atoms with Gasteiger partial charge in [0.25, 0.3) is 0 Å². The fraction of sp³-hybridized carbons (Fsp3) is 0.438. The molecule has 108 valence electrons. The average Bonchev–Trinajstić information content (AvgIpc) is 2.44. The average molecular weight is 309 g/mol. The van der Waals surface area contributed by atoms with E-state index in [4.69, 9.17) is 23.8 Å². The van der Waals surface area contributed by atoms with Crippen LogP contribution in [0.15, 0.2) is 29.8 Å². The third-order valence-electron chi connectivity index (χ3n) is 3.55. The van der Waals surface area contributed by atoms with Gasteiger partial charge >= 0.3 is 0 Å². The predicted molar refractivity (Wildman–Crippen MR) is 91.6 cm³/mol. The van der Waals surface area contributed by atoms with Crippen LogP contribution < -0.4 is 10.6 Å². The Labute approximate surface area is 131 Å². The van der Waals surface area contributed by atoms with E-state index < -0.39 is 0 Å². The van der Waals surface area contributed by atoms with Crippen LogP contribution in [0.1, 0.15) is 37.7 Å². The molecule has 2 nitrogen and oxygen atoms in total. The second kappa shape index (κ2) is 7.65. The number of rotatable bonds is 4. The number of thiocarbonyl (C=S) groups is 1. The van der Waals surface area contributed by atoms with E-state index >= 15 is 0 Å². The summed E-state index contributed by atoms with van der Waals surface area (Å²) in [4.78, 5) is 0. The molecule has 2 rings (SSSR count). The fourth-order valence-corrected chi connectivity index (χ4v) is 2.71. The standard InChI is InChI=1S/C16H21ClN2S/c1-12-7-8-14(11-15(12)17)19-16(20)18-10-9-13-5-3-2-4-6-13/h5,7-8,11H,2-4,6,9-10H2,1H3,(H2,18,19,20). The van der Waals surface area contributed by atoms with Crippen LogP contribution in [0, 0.1) is 6.92 Å². The first kappa shape index (κ1) is 15.3. The molecule has 20 heavy (non-hydrogen) atoms. The van der Waals surface area contributed by atoms with Crippen LogP contribution in [-0.2, 0) is 0 Å². The Morgan fingerprint density at radius 1 is 1.35 bits per heavy atom. The van der Waals surface area contributed by atoms with Gasteiger partial charge in [0.05, 0.1) is 0 Å². The molecule has 0 aromatic heterocycles. The number of nitrogens with one attached hydrogen (secondary N) is 2. The molecule has 2 N–H and O–H groups in total. The van der Waals surface area contributed by atoms with Crippen molar-refractivity contribution in [3.05, 3.63) is 40.4 Å². The summed E-state index contributed by atoms with van der Waals surface area (Å²) in [6, 6.07) is 5.87. The van der Waals surface area contributed by atoms with Crippen LogP contribution in [0.25, 0.3) is 0 Å². The largest absolute Gasteiger partial charge is 0.362 e. The Balaban J connectivity index is 1.74. The molecule has 0 aliphatic heterocycles. The van der Waals surface area contributed by atoms with Crippen molar-refractivity contribution in [2.24, 2.45) is 0 Å². The lowest BCUT2D eigenvalue weighted by Gasteiger charge is -2.14. The highest BCUT2D eigenvalue weighted by Gasteiger charge is 2.04. The highest BCUT2D eigenvalue weighted by atomic mass is 35.5. The Morgan fingerprint density at radius 2 is 2.20 bits per heavy atom. The molecule has 0 radical (unpaired) electrons. The molecular weight excluding hydrogens is 288 g/mol. The van der Waals surface area contributed by atoms with Gasteiger partial charge < -0.3 is 10.6 Å². The molecule has 1 aliphatic rings. The van der Waals surface area contributed by atoms with Crippen LogP contribution >= 0.6 is 23.8 Å². The molecule has 1 aromatic carbocycles. The number of halogens is 1. The van der Waals surface area contributed by atoms with Gasteiger partial charge in [0, 0.05) is 17.3 Å². The second-order valence-corrected chi connectivity index (χ2v) is 6.02. The quantitative estimate of drug-likeness (QED) is 0.615. The van der Waals surface area contributed by atoms with Gasteiger partial charge in [0.15, 0.2) is 5.11 Å². The van der Waals surface area contributed by atoms with E-state index in [2.05, 4.69) is 16.7 Å². The molecule has 0 amide bonds. The summed E-state index contributed by atoms with van der Waals surface area (Å²) in [5, 5.41) is 7.82. The lowest BCUT2D eigenvalue weighted by Crippen LogP contribution is -2.29. The highest BCUT2D eigenvalue weighted by molar-refractivity contribution is 7.80. The van der Waals surface area contributed by atoms with E-state index in [9.17, 15) is 0 Å². The zero-order valence-corrected chi connectivity index (χ0v) is 13.4. The van der Waals surface area contributed by atoms with E-state index in [0.717, 1.165) is 29.2 Å². The Hall–Kier alpha value is -1.06. The third kappa shape index (κ3) is 4.80. The lowest BCUT2D eigenvalue weighted by molar-refractivity contribution is 0.669. The molecule has 0 fully saturated rings. The van der Waals surface area contributed by atoms with Crippen molar-refractivity contribution in [3.63, 3.8) is 0 Å². The smallest absolute Gasteiger partial charge is 0.170 e. The van der Waals surface area contributed by atoms with Crippen molar-refractivity contribution in [3.8, 4) is 0 Å². The van der Waals surface area contributed by atoms with Crippen molar-refractivity contribution in [1.82, 2.24) is 5.32 Å². The van der Waals surface area contributed by atoms with Gasteiger partial charge in [0.2, 0.25) is 0 Å². The lowest BCUT2D eigenvalue weighted by atomic mass is 9.97. The van der Waals surface area contributed by atoms with E-state index in [1.807, 2.05) is 25.1 Å². The van der Waals surface area contributed by atoms with Crippen molar-refractivity contribution in [1.29, 1.82) is 0 Å². The molecule has 0 unspecified atom stereocenters. The second-order valence-electron chi connectivity index (χ2n) is 5.20. The Bertz CT molecular complexity index is 511. The van der Waals surface area contributed by atoms with Gasteiger partial charge in [-0.2, -0.15) is 0 Å². The van der Waals surface area contributed by atoms with Gasteiger partial charge in [-0.15, -0.1) is 0 Å². The number of anilines is 1. The summed E-state index contributed by atoms with van der Waals surface area (Å²) >= 11 is 11.4. The van der Waals surface area contributed by atoms with Gasteiger partial charge in [-0.3, -0.25) is 0 Å². The van der Waals surface area contributed by atoms with Crippen LogP contribution in [0.4, 0.5) is 5.69 Å². The SMILES string of the molecule is Cc1ccc(NC(=S)NCCC2=CCCCC2)cc1Cl. The molecule has 1 aromatic rings. The maximum absolute atomic E-state index is 6.09. The van der Waals surface area contributed by atoms with Crippen molar-refractivity contribution in [2.45, 2.75) is 39.0 Å². The number of allylic oxidation sites excluding steroid dienone is 1. The summed E-state index contributed by atoms with van der Waals surface area (Å²) in [5.74, 6) is 0. The van der Waals surface area contributed by atoms with Crippen molar-refractivity contribution in [2.75, 3.05) is 11.9 Å². The zero-order chi connectivity index (χ0) is 14.4. The van der Waals surface area contributed by atoms with Crippen LogP contribution in [0.3, 0.4) is 0 Å². The normalized spacial score (nSPS) is 14.6. The highest BCUT2D eigenvalue weighted by Crippen LogP contribution is 2.20. The number of hydrogen-bond acceptors (Lipinski definition) is 1. The Morgan fingerprint density at radius 3 is 2.90 bits per heavy atom. The van der Waals surface area contributed by atoms with Gasteiger partial charge in [-0.05, 0) is 68.9 Å². The van der Waals surface area contributed by atoms with Crippen LogP contribution in [-0.4, -0.2) is 11.7 Å². The molecule has 0 atom stereocenters. The summed E-state index contributed by atoms with van der Waals surface area (Å²) < 4.78 is 0. The summed E-state index contributed by atoms with van der Waals surface area (Å²) in [6.07, 6.45) is 8.61. The molecule has 1 aliphatic carbocycles. The number of benzene rings is 1. The van der Waals surface area contributed by atoms with Gasteiger partial charge in [-0.25, -0.2) is 0 Å². The molecule has 0 spiro atoms. The predicted octanol–water partition coefficient (Wildman–Crippen LogP) is 4.83. The minimum absolute atomic E-state index is 0.654. The summed E-state index contributed by atoms with van der Waals surface area (Å²) in [6.45, 7) is 2.87. The fourth-order valence-electron chi connectivity index (χ4n) is 2.31. The molecule has 0 bridgehead atoms. The number of hydrogen-bond donors (Lipinski definition) is 2. The topological polar surface area (TPSA) is 24.1 Å². The molecule has 4 heteroatoms. The molecule has 0 heterocycles. The first-order valence-electron chi connectivity index (χ1n) is 7.14. The molecule has 0 saturated heterocycles. The van der Waals surface area contributed by atoms with E-state index in [1.165, 1.54) is 25.7 Å². The molecule has 0 saturated carbocycles. The summed E-state index contributed by atoms with van der Waals surface area (Å²) in [5.41, 5.74) is 3.56. The van der Waals surface area contributed by atoms with Crippen LogP contribution in [0.5, 0.6) is 0 Å². The first-order chi connectivity index (χ1) is 9.65. The molecular formula is C16H21ClN2S. The monoisotopic (exact) mass is 308 g/mol. The van der Waals surface area contributed by atoms with E-state index in [-0.39, 0.29) is 0 Å². The van der Waals surface area contributed by atoms with Crippen molar-refractivity contribution >= 4 is 34.6 Å². The Kier molecular flexibility index (Phi) is 5.86. The van der Waals surface area contributed by atoms with E-state index in [1.54, 1.807) is 5.57 Å². The summed E-state index contributed by atoms with van der Waals surface area (Å²) in [7, 11) is 0. The van der Waals surface area contributed by atoms with Crippen molar-refractivity contribution < 1.29 is 0 Å². The third-order valence-corrected chi connectivity index (χ3v) is 4.20. The van der Waals surface area contributed by atoms with Crippen LogP contribution in [0.2, 0.25) is 5.02 Å². The minimum Gasteiger partial charge on any atom is -0.362 e. The minimum atomic E-state index is 0.654.